The molecule has 1 amide bonds. The normalized spacial score (nSPS) is 12.4. The molecular formula is C22H21N5O. The van der Waals surface area contributed by atoms with Crippen molar-refractivity contribution in [3.63, 3.8) is 0 Å². The number of nitrogens with zero attached hydrogens (tertiary/aromatic N) is 3. The van der Waals surface area contributed by atoms with Crippen molar-refractivity contribution in [3.8, 4) is 11.4 Å². The molecule has 2 N–H and O–H groups in total. The second-order valence-corrected chi connectivity index (χ2v) is 6.72. The van der Waals surface area contributed by atoms with Gasteiger partial charge in [0.05, 0.1) is 11.0 Å². The van der Waals surface area contributed by atoms with E-state index in [4.69, 9.17) is 0 Å². The number of anilines is 2. The van der Waals surface area contributed by atoms with Crippen LogP contribution in [0.1, 0.15) is 16.8 Å². The third-order valence-corrected chi connectivity index (χ3v) is 4.55. The minimum Gasteiger partial charge on any atom is -0.378 e. The smallest absolute Gasteiger partial charge is 0.255 e. The summed E-state index contributed by atoms with van der Waals surface area (Å²) < 4.78 is 0. The molecule has 1 aromatic heterocycles. The summed E-state index contributed by atoms with van der Waals surface area (Å²) in [5.74, 6) is 0.518. The number of nitrogens with one attached hydrogen (secondary N) is 2. The van der Waals surface area contributed by atoms with E-state index in [-0.39, 0.29) is 5.91 Å². The zero-order chi connectivity index (χ0) is 19.5. The van der Waals surface area contributed by atoms with Crippen LogP contribution in [-0.2, 0) is 0 Å². The summed E-state index contributed by atoms with van der Waals surface area (Å²) in [6.07, 6.45) is 6.59. The highest BCUT2D eigenvalue weighted by Gasteiger charge is 2.13. The number of rotatable bonds is 4. The zero-order valence-electron chi connectivity index (χ0n) is 15.8. The van der Waals surface area contributed by atoms with Crippen LogP contribution in [0.3, 0.4) is 0 Å². The molecule has 0 aliphatic carbocycles. The van der Waals surface area contributed by atoms with Gasteiger partial charge in [0, 0.05) is 37.1 Å². The molecule has 0 spiro atoms. The van der Waals surface area contributed by atoms with Gasteiger partial charge in [0.2, 0.25) is 0 Å². The average Bonchev–Trinajstić information content (AvgIpc) is 2.98. The Hall–Kier alpha value is -3.67. The first kappa shape index (κ1) is 17.7. The molecule has 0 unspecified atom stereocenters. The number of aromatic amines is 1. The van der Waals surface area contributed by atoms with Crippen LogP contribution in [0.15, 0.2) is 65.8 Å². The number of para-hydroxylation sites is 1. The predicted molar refractivity (Wildman–Crippen MR) is 112 cm³/mol. The van der Waals surface area contributed by atoms with Gasteiger partial charge in [-0.1, -0.05) is 24.3 Å². The Morgan fingerprint density at radius 2 is 1.89 bits per heavy atom. The molecule has 1 aliphatic heterocycles. The number of aromatic nitrogens is 2. The Morgan fingerprint density at radius 1 is 1.11 bits per heavy atom. The van der Waals surface area contributed by atoms with Crippen molar-refractivity contribution in [2.75, 3.05) is 24.3 Å². The van der Waals surface area contributed by atoms with E-state index in [0.717, 1.165) is 23.0 Å². The summed E-state index contributed by atoms with van der Waals surface area (Å²) in [7, 11) is 3.94. The fraction of sp³-hybridized carbons (Fsp3) is 0.136. The van der Waals surface area contributed by atoms with Gasteiger partial charge in [-0.25, -0.2) is 9.98 Å². The quantitative estimate of drug-likeness (QED) is 0.741. The Kier molecular flexibility index (Phi) is 4.76. The number of amides is 1. The molecule has 0 saturated carbocycles. The van der Waals surface area contributed by atoms with E-state index < -0.39 is 0 Å². The third-order valence-electron chi connectivity index (χ3n) is 4.55. The molecule has 0 atom stereocenters. The first-order valence-electron chi connectivity index (χ1n) is 9.09. The van der Waals surface area contributed by atoms with Crippen LogP contribution < -0.4 is 21.1 Å². The molecule has 6 heteroatoms. The number of carbonyl (C=O) groups is 1. The van der Waals surface area contributed by atoms with Crippen LogP contribution in [0.25, 0.3) is 17.5 Å². The minimum atomic E-state index is -0.162. The van der Waals surface area contributed by atoms with Gasteiger partial charge in [0.1, 0.15) is 5.82 Å². The van der Waals surface area contributed by atoms with E-state index in [2.05, 4.69) is 20.3 Å². The molecule has 140 valence electrons. The van der Waals surface area contributed by atoms with Gasteiger partial charge in [-0.3, -0.25) is 4.79 Å². The lowest BCUT2D eigenvalue weighted by Crippen LogP contribution is -2.23. The maximum absolute atomic E-state index is 12.7. The standard InChI is InChI=1S/C22H21N5O/c1-27(2)16-12-10-15(11-13-16)22(28)25-18-8-4-3-7-17(18)20-24-19-9-5-6-14-23-21(19)26-20/h3-4,6-14H,5H2,1-2H3,(H,25,28)(H,23,24,26). The largest absolute Gasteiger partial charge is 0.378 e. The number of allylic oxidation sites excluding steroid dienone is 1. The highest BCUT2D eigenvalue weighted by molar-refractivity contribution is 6.06. The van der Waals surface area contributed by atoms with E-state index in [1.165, 1.54) is 0 Å². The van der Waals surface area contributed by atoms with Crippen molar-refractivity contribution in [2.45, 2.75) is 6.42 Å². The Labute approximate surface area is 163 Å². The Bertz CT molecular complexity index is 1160. The summed E-state index contributed by atoms with van der Waals surface area (Å²) in [5.41, 5.74) is 3.82. The van der Waals surface area contributed by atoms with Gasteiger partial charge in [0.25, 0.3) is 5.91 Å². The molecule has 0 fully saturated rings. The lowest BCUT2D eigenvalue weighted by atomic mass is 10.1. The third kappa shape index (κ3) is 3.57. The maximum atomic E-state index is 12.7. The molecule has 1 aliphatic rings. The van der Waals surface area contributed by atoms with Crippen LogP contribution in [-0.4, -0.2) is 30.0 Å². The molecule has 2 heterocycles. The van der Waals surface area contributed by atoms with Gasteiger partial charge < -0.3 is 15.2 Å². The van der Waals surface area contributed by atoms with Crippen molar-refractivity contribution in [1.82, 2.24) is 9.97 Å². The van der Waals surface area contributed by atoms with Gasteiger partial charge in [-0.05, 0) is 42.8 Å². The number of H-pyrrole nitrogens is 1. The van der Waals surface area contributed by atoms with Gasteiger partial charge in [0.15, 0.2) is 5.49 Å². The van der Waals surface area contributed by atoms with Crippen molar-refractivity contribution in [2.24, 2.45) is 4.99 Å². The molecule has 2 aromatic carbocycles. The molecule has 6 nitrogen and oxygen atoms in total. The maximum Gasteiger partial charge on any atom is 0.255 e. The first-order valence-corrected chi connectivity index (χ1v) is 9.09. The second kappa shape index (κ2) is 7.52. The molecular weight excluding hydrogens is 350 g/mol. The van der Waals surface area contributed by atoms with Crippen LogP contribution in [0.4, 0.5) is 11.4 Å². The van der Waals surface area contributed by atoms with Crippen LogP contribution >= 0.6 is 0 Å². The summed E-state index contributed by atoms with van der Waals surface area (Å²) in [5, 5.41) is 3.89. The molecule has 0 saturated heterocycles. The SMILES string of the molecule is CN(C)c1ccc(C(=O)Nc2ccccc2-c2nc3c([nH]2)=CCC=CN=3)cc1. The van der Waals surface area contributed by atoms with Crippen LogP contribution in [0.2, 0.25) is 0 Å². The number of benzene rings is 2. The molecule has 28 heavy (non-hydrogen) atoms. The summed E-state index contributed by atoms with van der Waals surface area (Å²) in [4.78, 5) is 27.0. The molecule has 4 rings (SSSR count). The number of imidazole rings is 1. The van der Waals surface area contributed by atoms with E-state index in [9.17, 15) is 4.79 Å². The fourth-order valence-corrected chi connectivity index (χ4v) is 3.02. The molecule has 3 aromatic rings. The van der Waals surface area contributed by atoms with Crippen molar-refractivity contribution < 1.29 is 4.79 Å². The monoisotopic (exact) mass is 371 g/mol. The van der Waals surface area contributed by atoms with Gasteiger partial charge >= 0.3 is 0 Å². The van der Waals surface area contributed by atoms with E-state index in [1.54, 1.807) is 6.20 Å². The zero-order valence-corrected chi connectivity index (χ0v) is 15.8. The second-order valence-electron chi connectivity index (χ2n) is 6.72. The van der Waals surface area contributed by atoms with E-state index >= 15 is 0 Å². The first-order chi connectivity index (χ1) is 13.6. The highest BCUT2D eigenvalue weighted by Crippen LogP contribution is 2.24. The van der Waals surface area contributed by atoms with Crippen molar-refractivity contribution >= 4 is 23.4 Å². The van der Waals surface area contributed by atoms with Gasteiger partial charge in [-0.2, -0.15) is 0 Å². The minimum absolute atomic E-state index is 0.162. The predicted octanol–water partition coefficient (Wildman–Crippen LogP) is 2.71. The summed E-state index contributed by atoms with van der Waals surface area (Å²) in [6.45, 7) is 0. The lowest BCUT2D eigenvalue weighted by molar-refractivity contribution is 0.102. The van der Waals surface area contributed by atoms with Crippen LogP contribution in [0, 0.1) is 0 Å². The number of carbonyl (C=O) groups excluding carboxylic acids is 1. The Balaban J connectivity index is 1.64. The highest BCUT2D eigenvalue weighted by atomic mass is 16.1. The topological polar surface area (TPSA) is 73.4 Å². The summed E-state index contributed by atoms with van der Waals surface area (Å²) in [6, 6.07) is 15.1. The van der Waals surface area contributed by atoms with E-state index in [1.807, 2.05) is 79.7 Å². The fourth-order valence-electron chi connectivity index (χ4n) is 3.02. The lowest BCUT2D eigenvalue weighted by Gasteiger charge is -2.13. The van der Waals surface area contributed by atoms with Crippen LogP contribution in [0.5, 0.6) is 0 Å². The van der Waals surface area contributed by atoms with Crippen molar-refractivity contribution in [3.05, 3.63) is 77.2 Å². The summed E-state index contributed by atoms with van der Waals surface area (Å²) >= 11 is 0. The average molecular weight is 371 g/mol. The number of hydrogen-bond acceptors (Lipinski definition) is 4. The number of fused-ring (bicyclic) bond motifs is 1. The van der Waals surface area contributed by atoms with Gasteiger partial charge in [-0.15, -0.1) is 0 Å². The Morgan fingerprint density at radius 3 is 2.68 bits per heavy atom. The molecule has 0 radical (unpaired) electrons. The van der Waals surface area contributed by atoms with Crippen molar-refractivity contribution in [1.29, 1.82) is 0 Å². The van der Waals surface area contributed by atoms with E-state index in [0.29, 0.717) is 22.6 Å². The number of hydrogen-bond donors (Lipinski definition) is 2. The molecule has 0 bridgehead atoms.